The first-order valence-electron chi connectivity index (χ1n) is 7.81. The first-order valence-corrected chi connectivity index (χ1v) is 7.81. The molecule has 12 heteroatoms. The van der Waals surface area contributed by atoms with Crippen LogP contribution in [0, 0.1) is 18.3 Å². The van der Waals surface area contributed by atoms with Gasteiger partial charge in [-0.15, -0.1) is 22.6 Å². The van der Waals surface area contributed by atoms with Crippen molar-refractivity contribution in [3.63, 3.8) is 0 Å². The van der Waals surface area contributed by atoms with E-state index in [9.17, 15) is 29.9 Å². The van der Waals surface area contributed by atoms with Gasteiger partial charge in [0.2, 0.25) is 5.88 Å². The number of carboxylic acids is 2. The van der Waals surface area contributed by atoms with E-state index in [1.165, 1.54) is 6.92 Å². The van der Waals surface area contributed by atoms with Gasteiger partial charge in [-0.25, -0.2) is 9.59 Å². The smallest absolute Gasteiger partial charge is 0.337 e. The number of carbonyl (C=O) groups is 2. The van der Waals surface area contributed by atoms with Crippen molar-refractivity contribution in [3.8, 4) is 11.9 Å². The number of halogens is 1. The van der Waals surface area contributed by atoms with Gasteiger partial charge in [-0.1, -0.05) is 0 Å². The number of benzene rings is 1. The molecule has 152 valence electrons. The Morgan fingerprint density at radius 3 is 2.41 bits per heavy atom. The van der Waals surface area contributed by atoms with Crippen molar-refractivity contribution in [1.82, 2.24) is 4.57 Å². The van der Waals surface area contributed by atoms with E-state index in [-0.39, 0.29) is 59.1 Å². The molecule has 2 aromatic rings. The number of carboxylic acid groups (broad SMARTS) is 2. The van der Waals surface area contributed by atoms with Crippen LogP contribution in [-0.2, 0) is 6.54 Å². The Morgan fingerprint density at radius 1 is 1.24 bits per heavy atom. The summed E-state index contributed by atoms with van der Waals surface area (Å²) < 4.78 is 0.853. The van der Waals surface area contributed by atoms with Crippen LogP contribution in [0.4, 0.5) is 11.4 Å². The van der Waals surface area contributed by atoms with Crippen LogP contribution in [-0.4, -0.2) is 38.4 Å². The summed E-state index contributed by atoms with van der Waals surface area (Å²) in [5.41, 5.74) is 3.31. The summed E-state index contributed by atoms with van der Waals surface area (Å²) in [7, 11) is 0. The molecule has 1 aromatic heterocycles. The molecule has 29 heavy (non-hydrogen) atoms. The Kier molecular flexibility index (Phi) is 7.59. The molecule has 1 aromatic carbocycles. The van der Waals surface area contributed by atoms with E-state index in [0.29, 0.717) is 0 Å². The molecule has 0 spiro atoms. The lowest BCUT2D eigenvalue weighted by molar-refractivity contribution is 0.0682. The van der Waals surface area contributed by atoms with Crippen molar-refractivity contribution in [2.75, 3.05) is 6.54 Å². The maximum absolute atomic E-state index is 12.6. The third kappa shape index (κ3) is 4.57. The molecule has 0 atom stereocenters. The number of azo groups is 1. The third-order valence-corrected chi connectivity index (χ3v) is 3.85. The number of aromatic nitrogens is 1. The first kappa shape index (κ1) is 23.3. The van der Waals surface area contributed by atoms with Gasteiger partial charge in [0.05, 0.1) is 11.1 Å². The van der Waals surface area contributed by atoms with Gasteiger partial charge in [0.15, 0.2) is 5.69 Å². The lowest BCUT2D eigenvalue weighted by Crippen LogP contribution is -2.25. The van der Waals surface area contributed by atoms with Crippen LogP contribution in [0.1, 0.15) is 31.8 Å². The lowest BCUT2D eigenvalue weighted by Gasteiger charge is -2.12. The van der Waals surface area contributed by atoms with Crippen molar-refractivity contribution >= 4 is 35.7 Å². The Bertz CT molecular complexity index is 1100. The second-order valence-corrected chi connectivity index (χ2v) is 5.57. The molecule has 0 bridgehead atoms. The summed E-state index contributed by atoms with van der Waals surface area (Å²) in [6.45, 7) is 1.28. The van der Waals surface area contributed by atoms with Crippen LogP contribution in [0.2, 0.25) is 0 Å². The van der Waals surface area contributed by atoms with E-state index >= 15 is 0 Å². The number of aromatic hydroxyl groups is 1. The van der Waals surface area contributed by atoms with Crippen molar-refractivity contribution < 1.29 is 24.9 Å². The monoisotopic (exact) mass is 421 g/mol. The van der Waals surface area contributed by atoms with Gasteiger partial charge in [0, 0.05) is 18.7 Å². The molecule has 0 saturated carbocycles. The summed E-state index contributed by atoms with van der Waals surface area (Å²) in [5.74, 6) is -3.23. The first-order chi connectivity index (χ1) is 13.2. The molecule has 0 aliphatic carbocycles. The highest BCUT2D eigenvalue weighted by Gasteiger charge is 2.19. The SMILES string of the molecule is Cc1c(C#N)c(O)n(CCN)c(=O)c1N=Nc1cc(C(=O)O)ccc1C(=O)O.Cl. The topological polar surface area (TPSA) is 191 Å². The summed E-state index contributed by atoms with van der Waals surface area (Å²) in [5, 5.41) is 45.1. The molecule has 0 fully saturated rings. The van der Waals surface area contributed by atoms with Crippen molar-refractivity contribution in [2.24, 2.45) is 16.0 Å². The quantitative estimate of drug-likeness (QED) is 0.508. The van der Waals surface area contributed by atoms with Gasteiger partial charge < -0.3 is 21.1 Å². The number of rotatable bonds is 6. The summed E-state index contributed by atoms with van der Waals surface area (Å²) >= 11 is 0. The van der Waals surface area contributed by atoms with Gasteiger partial charge in [0.1, 0.15) is 17.3 Å². The highest BCUT2D eigenvalue weighted by molar-refractivity contribution is 5.96. The predicted octanol–water partition coefficient (Wildman–Crippen LogP) is 1.93. The Hall–Kier alpha value is -3.75. The van der Waals surface area contributed by atoms with Crippen molar-refractivity contribution in [1.29, 1.82) is 5.26 Å². The normalized spacial score (nSPS) is 10.4. The van der Waals surface area contributed by atoms with Crippen LogP contribution in [0.3, 0.4) is 0 Å². The molecule has 0 saturated heterocycles. The molecule has 11 nitrogen and oxygen atoms in total. The number of hydrogen-bond acceptors (Lipinski definition) is 8. The lowest BCUT2D eigenvalue weighted by atomic mass is 10.1. The fraction of sp³-hybridized carbons (Fsp3) is 0.176. The summed E-state index contributed by atoms with van der Waals surface area (Å²) in [6.07, 6.45) is 0. The van der Waals surface area contributed by atoms with Crippen molar-refractivity contribution in [3.05, 3.63) is 50.8 Å². The van der Waals surface area contributed by atoms with Gasteiger partial charge >= 0.3 is 11.9 Å². The summed E-state index contributed by atoms with van der Waals surface area (Å²) in [4.78, 5) is 35.0. The number of hydrogen-bond donors (Lipinski definition) is 4. The van der Waals surface area contributed by atoms with E-state index in [1.54, 1.807) is 6.07 Å². The average Bonchev–Trinajstić information content (AvgIpc) is 2.65. The molecular weight excluding hydrogens is 406 g/mol. The Labute approximate surface area is 169 Å². The molecule has 0 unspecified atom stereocenters. The highest BCUT2D eigenvalue weighted by Crippen LogP contribution is 2.28. The van der Waals surface area contributed by atoms with Crippen LogP contribution >= 0.6 is 12.4 Å². The van der Waals surface area contributed by atoms with Gasteiger partial charge in [-0.05, 0) is 25.1 Å². The van der Waals surface area contributed by atoms with E-state index in [2.05, 4.69) is 10.2 Å². The molecule has 0 radical (unpaired) electrons. The molecule has 0 aliphatic rings. The number of nitriles is 1. The second kappa shape index (κ2) is 9.45. The third-order valence-electron chi connectivity index (χ3n) is 3.85. The predicted molar refractivity (Wildman–Crippen MR) is 103 cm³/mol. The van der Waals surface area contributed by atoms with Crippen LogP contribution in [0.15, 0.2) is 33.2 Å². The number of nitrogens with two attached hydrogens (primary N) is 1. The average molecular weight is 422 g/mol. The van der Waals surface area contributed by atoms with Gasteiger partial charge in [0.25, 0.3) is 5.56 Å². The zero-order valence-corrected chi connectivity index (χ0v) is 15.8. The minimum atomic E-state index is -1.37. The molecule has 0 amide bonds. The van der Waals surface area contributed by atoms with E-state index < -0.39 is 23.4 Å². The maximum atomic E-state index is 12.6. The Morgan fingerprint density at radius 2 is 1.90 bits per heavy atom. The highest BCUT2D eigenvalue weighted by atomic mass is 35.5. The molecule has 1 heterocycles. The second-order valence-electron chi connectivity index (χ2n) is 5.57. The van der Waals surface area contributed by atoms with E-state index in [1.807, 2.05) is 0 Å². The largest absolute Gasteiger partial charge is 0.493 e. The zero-order chi connectivity index (χ0) is 21.0. The molecule has 0 aliphatic heterocycles. The van der Waals surface area contributed by atoms with E-state index in [4.69, 9.17) is 10.8 Å². The van der Waals surface area contributed by atoms with Crippen LogP contribution < -0.4 is 11.3 Å². The minimum Gasteiger partial charge on any atom is -0.493 e. The molecule has 2 rings (SSSR count). The number of aromatic carboxylic acids is 2. The van der Waals surface area contributed by atoms with Crippen molar-refractivity contribution in [2.45, 2.75) is 13.5 Å². The fourth-order valence-electron chi connectivity index (χ4n) is 2.43. The summed E-state index contributed by atoms with van der Waals surface area (Å²) in [6, 6.07) is 4.90. The van der Waals surface area contributed by atoms with Gasteiger partial charge in [-0.2, -0.15) is 5.26 Å². The van der Waals surface area contributed by atoms with Gasteiger partial charge in [-0.3, -0.25) is 9.36 Å². The molecule has 5 N–H and O–H groups in total. The number of pyridine rings is 1. The van der Waals surface area contributed by atoms with Crippen LogP contribution in [0.5, 0.6) is 5.88 Å². The maximum Gasteiger partial charge on any atom is 0.337 e. The number of nitrogens with zero attached hydrogens (tertiary/aromatic N) is 4. The minimum absolute atomic E-state index is 0. The molecular formula is C17H16ClN5O6. The fourth-order valence-corrected chi connectivity index (χ4v) is 2.43. The Balaban J connectivity index is 0.00000420. The van der Waals surface area contributed by atoms with Crippen LogP contribution in [0.25, 0.3) is 0 Å². The standard InChI is InChI=1S/C17H15N5O6.ClH/c1-8-11(7-19)14(23)22(5-4-18)15(24)13(8)21-20-12-6-9(16(25)26)2-3-10(12)17(27)28;/h2-3,6,23H,4-5,18H2,1H3,(H,25,26)(H,27,28);1H. The zero-order valence-electron chi connectivity index (χ0n) is 15.0. The van der Waals surface area contributed by atoms with E-state index in [0.717, 1.165) is 22.8 Å².